The Labute approximate surface area is 79.1 Å². The summed E-state index contributed by atoms with van der Waals surface area (Å²) in [5.41, 5.74) is 0. The van der Waals surface area contributed by atoms with Crippen molar-refractivity contribution in [2.45, 2.75) is 26.7 Å². The Morgan fingerprint density at radius 1 is 1.54 bits per heavy atom. The van der Waals surface area contributed by atoms with Gasteiger partial charge in [0, 0.05) is 6.61 Å². The second kappa shape index (κ2) is 4.61. The van der Waals surface area contributed by atoms with E-state index in [1.165, 1.54) is 0 Å². The fourth-order valence-corrected chi connectivity index (χ4v) is 2.08. The molecule has 76 valence electrons. The van der Waals surface area contributed by atoms with E-state index in [1.807, 2.05) is 13.8 Å². The van der Waals surface area contributed by atoms with Crippen LogP contribution in [0.2, 0.25) is 0 Å². The Bertz CT molecular complexity index is 171. The zero-order valence-electron chi connectivity index (χ0n) is 8.32. The Kier molecular flexibility index (Phi) is 3.72. The van der Waals surface area contributed by atoms with E-state index in [0.717, 1.165) is 19.4 Å². The van der Waals surface area contributed by atoms with Crippen LogP contribution < -0.4 is 0 Å². The Morgan fingerprint density at radius 2 is 2.23 bits per heavy atom. The molecule has 0 bridgehead atoms. The summed E-state index contributed by atoms with van der Waals surface area (Å²) in [7, 11) is 0. The van der Waals surface area contributed by atoms with Gasteiger partial charge in [0.25, 0.3) is 0 Å². The number of rotatable bonds is 3. The fraction of sp³-hybridized carbons (Fsp3) is 0.900. The summed E-state index contributed by atoms with van der Waals surface area (Å²) in [6.45, 7) is 5.34. The lowest BCUT2D eigenvalue weighted by molar-refractivity contribution is -0.147. The number of hydrogen-bond acceptors (Lipinski definition) is 2. The number of carboxylic acid groups (broad SMARTS) is 1. The highest BCUT2D eigenvalue weighted by atomic mass is 16.5. The average molecular weight is 186 g/mol. The second-order valence-electron chi connectivity index (χ2n) is 4.09. The van der Waals surface area contributed by atoms with Crippen LogP contribution in [0.15, 0.2) is 0 Å². The van der Waals surface area contributed by atoms with Gasteiger partial charge in [0.1, 0.15) is 0 Å². The maximum absolute atomic E-state index is 11.0. The van der Waals surface area contributed by atoms with Crippen molar-refractivity contribution < 1.29 is 14.6 Å². The monoisotopic (exact) mass is 186 g/mol. The summed E-state index contributed by atoms with van der Waals surface area (Å²) >= 11 is 0. The van der Waals surface area contributed by atoms with E-state index in [2.05, 4.69) is 0 Å². The summed E-state index contributed by atoms with van der Waals surface area (Å²) in [6, 6.07) is 0. The van der Waals surface area contributed by atoms with Gasteiger partial charge in [-0.25, -0.2) is 0 Å². The van der Waals surface area contributed by atoms with Gasteiger partial charge in [0.15, 0.2) is 0 Å². The quantitative estimate of drug-likeness (QED) is 0.730. The van der Waals surface area contributed by atoms with Gasteiger partial charge in [-0.1, -0.05) is 13.8 Å². The molecule has 0 aromatic carbocycles. The molecule has 2 unspecified atom stereocenters. The van der Waals surface area contributed by atoms with E-state index >= 15 is 0 Å². The van der Waals surface area contributed by atoms with Gasteiger partial charge < -0.3 is 9.84 Å². The first-order chi connectivity index (χ1) is 6.13. The van der Waals surface area contributed by atoms with Crippen molar-refractivity contribution in [2.24, 2.45) is 17.8 Å². The van der Waals surface area contributed by atoms with Crippen LogP contribution in [0.1, 0.15) is 26.7 Å². The molecule has 1 heterocycles. The van der Waals surface area contributed by atoms with Crippen LogP contribution in [0.4, 0.5) is 0 Å². The molecule has 1 rings (SSSR count). The standard InChI is InChI=1S/C10H18O3/c1-7(2)9(10(11)12)8-4-3-5-13-6-8/h7-9H,3-6H2,1-2H3,(H,11,12). The maximum Gasteiger partial charge on any atom is 0.307 e. The smallest absolute Gasteiger partial charge is 0.307 e. The van der Waals surface area contributed by atoms with Crippen molar-refractivity contribution in [3.8, 4) is 0 Å². The largest absolute Gasteiger partial charge is 0.481 e. The van der Waals surface area contributed by atoms with E-state index in [4.69, 9.17) is 9.84 Å². The van der Waals surface area contributed by atoms with Crippen molar-refractivity contribution in [3.05, 3.63) is 0 Å². The first-order valence-electron chi connectivity index (χ1n) is 4.93. The predicted molar refractivity (Wildman–Crippen MR) is 49.5 cm³/mol. The fourth-order valence-electron chi connectivity index (χ4n) is 2.08. The van der Waals surface area contributed by atoms with E-state index in [1.54, 1.807) is 0 Å². The first kappa shape index (κ1) is 10.5. The number of carbonyl (C=O) groups is 1. The van der Waals surface area contributed by atoms with E-state index < -0.39 is 5.97 Å². The van der Waals surface area contributed by atoms with Crippen LogP contribution in [-0.2, 0) is 9.53 Å². The molecule has 0 amide bonds. The van der Waals surface area contributed by atoms with Gasteiger partial charge in [-0.2, -0.15) is 0 Å². The highest BCUT2D eigenvalue weighted by Crippen LogP contribution is 2.28. The molecule has 1 aliphatic rings. The Hall–Kier alpha value is -0.570. The van der Waals surface area contributed by atoms with E-state index in [0.29, 0.717) is 6.61 Å². The minimum atomic E-state index is -0.675. The number of ether oxygens (including phenoxy) is 1. The van der Waals surface area contributed by atoms with Crippen molar-refractivity contribution in [1.82, 2.24) is 0 Å². The molecular weight excluding hydrogens is 168 g/mol. The minimum absolute atomic E-state index is 0.198. The summed E-state index contributed by atoms with van der Waals surface area (Å²) in [5.74, 6) is -0.499. The summed E-state index contributed by atoms with van der Waals surface area (Å²) in [4.78, 5) is 11.0. The van der Waals surface area contributed by atoms with Crippen LogP contribution in [-0.4, -0.2) is 24.3 Å². The van der Waals surface area contributed by atoms with Crippen LogP contribution in [0.3, 0.4) is 0 Å². The third-order valence-electron chi connectivity index (χ3n) is 2.71. The van der Waals surface area contributed by atoms with Gasteiger partial charge >= 0.3 is 5.97 Å². The molecule has 0 aromatic heterocycles. The zero-order valence-corrected chi connectivity index (χ0v) is 8.32. The van der Waals surface area contributed by atoms with E-state index in [-0.39, 0.29) is 17.8 Å². The molecule has 1 fully saturated rings. The molecule has 0 spiro atoms. The SMILES string of the molecule is CC(C)C(C(=O)O)C1CCCOC1. The normalized spacial score (nSPS) is 25.9. The maximum atomic E-state index is 11.0. The third kappa shape index (κ3) is 2.69. The molecule has 1 saturated heterocycles. The predicted octanol–water partition coefficient (Wildman–Crippen LogP) is 1.77. The van der Waals surface area contributed by atoms with Crippen molar-refractivity contribution >= 4 is 5.97 Å². The molecule has 0 aliphatic carbocycles. The second-order valence-corrected chi connectivity index (χ2v) is 4.09. The number of aliphatic carboxylic acids is 1. The Balaban J connectivity index is 2.57. The topological polar surface area (TPSA) is 46.5 Å². The lowest BCUT2D eigenvalue weighted by atomic mass is 9.80. The van der Waals surface area contributed by atoms with Gasteiger partial charge in [-0.05, 0) is 24.7 Å². The lowest BCUT2D eigenvalue weighted by Gasteiger charge is -2.29. The van der Waals surface area contributed by atoms with Gasteiger partial charge in [-0.3, -0.25) is 4.79 Å². The Morgan fingerprint density at radius 3 is 2.62 bits per heavy atom. The van der Waals surface area contributed by atoms with E-state index in [9.17, 15) is 4.79 Å². The van der Waals surface area contributed by atoms with Crippen LogP contribution >= 0.6 is 0 Å². The first-order valence-corrected chi connectivity index (χ1v) is 4.93. The van der Waals surface area contributed by atoms with Crippen LogP contribution in [0.5, 0.6) is 0 Å². The van der Waals surface area contributed by atoms with Crippen LogP contribution in [0, 0.1) is 17.8 Å². The van der Waals surface area contributed by atoms with Crippen molar-refractivity contribution in [1.29, 1.82) is 0 Å². The molecule has 0 aromatic rings. The summed E-state index contributed by atoms with van der Waals surface area (Å²) in [6.07, 6.45) is 2.00. The molecule has 2 atom stereocenters. The van der Waals surface area contributed by atoms with Crippen LogP contribution in [0.25, 0.3) is 0 Å². The summed E-state index contributed by atoms with van der Waals surface area (Å²) < 4.78 is 5.30. The number of carboxylic acids is 1. The molecular formula is C10H18O3. The highest BCUT2D eigenvalue weighted by Gasteiger charge is 2.32. The molecule has 0 radical (unpaired) electrons. The highest BCUT2D eigenvalue weighted by molar-refractivity contribution is 5.70. The van der Waals surface area contributed by atoms with Gasteiger partial charge in [0.2, 0.25) is 0 Å². The molecule has 1 N–H and O–H groups in total. The minimum Gasteiger partial charge on any atom is -0.481 e. The van der Waals surface area contributed by atoms with Crippen molar-refractivity contribution in [3.63, 3.8) is 0 Å². The summed E-state index contributed by atoms with van der Waals surface area (Å²) in [5, 5.41) is 9.04. The van der Waals surface area contributed by atoms with Crippen molar-refractivity contribution in [2.75, 3.05) is 13.2 Å². The lowest BCUT2D eigenvalue weighted by Crippen LogP contribution is -2.33. The molecule has 13 heavy (non-hydrogen) atoms. The number of hydrogen-bond donors (Lipinski definition) is 1. The average Bonchev–Trinajstić information content (AvgIpc) is 2.04. The molecule has 3 nitrogen and oxygen atoms in total. The molecule has 3 heteroatoms. The molecule has 1 aliphatic heterocycles. The zero-order chi connectivity index (χ0) is 9.84. The molecule has 0 saturated carbocycles. The van der Waals surface area contributed by atoms with Gasteiger partial charge in [-0.15, -0.1) is 0 Å². The third-order valence-corrected chi connectivity index (χ3v) is 2.71. The van der Waals surface area contributed by atoms with Gasteiger partial charge in [0.05, 0.1) is 12.5 Å².